The van der Waals surface area contributed by atoms with Crippen molar-refractivity contribution in [2.45, 2.75) is 17.9 Å². The molecular weight excluding hydrogens is 344 g/mol. The summed E-state index contributed by atoms with van der Waals surface area (Å²) in [7, 11) is -2.44. The van der Waals surface area contributed by atoms with Crippen LogP contribution in [0.5, 0.6) is 0 Å². The third-order valence-electron chi connectivity index (χ3n) is 3.53. The van der Waals surface area contributed by atoms with Crippen LogP contribution in [0.25, 0.3) is 0 Å². The third kappa shape index (κ3) is 4.16. The Labute approximate surface area is 146 Å². The highest BCUT2D eigenvalue weighted by atomic mass is 32.2. The monoisotopic (exact) mass is 362 g/mol. The number of amides is 1. The first-order valence-electron chi connectivity index (χ1n) is 7.38. The van der Waals surface area contributed by atoms with Crippen LogP contribution >= 0.6 is 0 Å². The van der Waals surface area contributed by atoms with Gasteiger partial charge in [0.25, 0.3) is 15.9 Å². The highest BCUT2D eigenvalue weighted by molar-refractivity contribution is 7.92. The second-order valence-corrected chi connectivity index (χ2v) is 7.26. The normalized spacial score (nSPS) is 12.2. The minimum atomic E-state index is -3.86. The molecule has 25 heavy (non-hydrogen) atoms. The van der Waals surface area contributed by atoms with E-state index in [9.17, 15) is 18.0 Å². The van der Waals surface area contributed by atoms with Gasteiger partial charge >= 0.3 is 5.97 Å². The number of hydrogen-bond acceptors (Lipinski definition) is 5. The molecule has 0 aliphatic heterocycles. The van der Waals surface area contributed by atoms with Crippen LogP contribution in [-0.2, 0) is 19.6 Å². The molecule has 0 aromatic heterocycles. The Kier molecular flexibility index (Phi) is 5.43. The fourth-order valence-electron chi connectivity index (χ4n) is 2.01. The zero-order chi connectivity index (χ0) is 18.6. The van der Waals surface area contributed by atoms with E-state index in [1.165, 1.54) is 38.2 Å². The lowest BCUT2D eigenvalue weighted by atomic mass is 10.2. The molecule has 0 bridgehead atoms. The van der Waals surface area contributed by atoms with Crippen LogP contribution < -0.4 is 10.0 Å². The molecule has 132 valence electrons. The van der Waals surface area contributed by atoms with Crippen molar-refractivity contribution >= 4 is 27.6 Å². The van der Waals surface area contributed by atoms with Crippen molar-refractivity contribution in [3.63, 3.8) is 0 Å². The number of anilines is 1. The molecule has 0 saturated carbocycles. The topological polar surface area (TPSA) is 107 Å². The van der Waals surface area contributed by atoms with Gasteiger partial charge in [-0.15, -0.1) is 0 Å². The summed E-state index contributed by atoms with van der Waals surface area (Å²) in [5.41, 5.74) is 5.54. The first kappa shape index (κ1) is 18.5. The van der Waals surface area contributed by atoms with Crippen LogP contribution in [-0.4, -0.2) is 33.4 Å². The van der Waals surface area contributed by atoms with Crippen molar-refractivity contribution in [1.82, 2.24) is 0 Å². The molecule has 2 aromatic carbocycles. The van der Waals surface area contributed by atoms with E-state index in [0.29, 0.717) is 5.69 Å². The number of para-hydroxylation sites is 1. The predicted molar refractivity (Wildman–Crippen MR) is 92.5 cm³/mol. The maximum Gasteiger partial charge on any atom is 0.338 e. The number of benzene rings is 2. The van der Waals surface area contributed by atoms with E-state index in [0.717, 1.165) is 4.31 Å². The van der Waals surface area contributed by atoms with Gasteiger partial charge in [-0.25, -0.2) is 13.2 Å². The summed E-state index contributed by atoms with van der Waals surface area (Å²) in [6.07, 6.45) is -1.11. The highest BCUT2D eigenvalue weighted by Crippen LogP contribution is 2.22. The lowest BCUT2D eigenvalue weighted by molar-refractivity contribution is -0.125. The second kappa shape index (κ2) is 7.35. The molecule has 8 heteroatoms. The number of primary amides is 1. The van der Waals surface area contributed by atoms with Crippen molar-refractivity contribution in [3.05, 3.63) is 60.2 Å². The van der Waals surface area contributed by atoms with Gasteiger partial charge in [0.15, 0.2) is 6.10 Å². The number of esters is 1. The van der Waals surface area contributed by atoms with Crippen molar-refractivity contribution in [1.29, 1.82) is 0 Å². The Morgan fingerprint density at radius 3 is 2.32 bits per heavy atom. The van der Waals surface area contributed by atoms with Gasteiger partial charge in [-0.3, -0.25) is 9.10 Å². The van der Waals surface area contributed by atoms with Gasteiger partial charge in [-0.05, 0) is 37.3 Å². The fourth-order valence-corrected chi connectivity index (χ4v) is 3.25. The molecule has 0 aliphatic carbocycles. The van der Waals surface area contributed by atoms with Crippen LogP contribution in [0.4, 0.5) is 5.69 Å². The second-order valence-electron chi connectivity index (χ2n) is 5.29. The highest BCUT2D eigenvalue weighted by Gasteiger charge is 2.23. The molecule has 0 aliphatic rings. The molecule has 2 aromatic rings. The summed E-state index contributed by atoms with van der Waals surface area (Å²) in [4.78, 5) is 23.0. The number of sulfonamides is 1. The van der Waals surface area contributed by atoms with Gasteiger partial charge in [0.05, 0.1) is 16.1 Å². The Bertz CT molecular complexity index is 881. The first-order chi connectivity index (χ1) is 11.7. The number of hydrogen-bond donors (Lipinski definition) is 1. The van der Waals surface area contributed by atoms with E-state index < -0.39 is 28.0 Å². The molecule has 0 radical (unpaired) electrons. The van der Waals surface area contributed by atoms with Gasteiger partial charge in [0, 0.05) is 7.05 Å². The number of nitrogens with two attached hydrogens (primary N) is 1. The SMILES string of the molecule is C[C@@H](OC(=O)c1cccc(S(=O)(=O)N(C)c2ccccc2)c1)C(N)=O. The van der Waals surface area contributed by atoms with Crippen molar-refractivity contribution in [2.24, 2.45) is 5.73 Å². The fraction of sp³-hybridized carbons (Fsp3) is 0.176. The molecule has 0 saturated heterocycles. The maximum absolute atomic E-state index is 12.7. The van der Waals surface area contributed by atoms with E-state index in [-0.39, 0.29) is 10.5 Å². The first-order valence-corrected chi connectivity index (χ1v) is 8.82. The van der Waals surface area contributed by atoms with Gasteiger partial charge in [0.1, 0.15) is 0 Å². The number of rotatable bonds is 6. The number of nitrogens with zero attached hydrogens (tertiary/aromatic N) is 1. The van der Waals surface area contributed by atoms with Crippen molar-refractivity contribution in [3.8, 4) is 0 Å². The number of ether oxygens (including phenoxy) is 1. The summed E-state index contributed by atoms with van der Waals surface area (Å²) in [6, 6.07) is 13.9. The van der Waals surface area contributed by atoms with Crippen LogP contribution in [0.15, 0.2) is 59.5 Å². The van der Waals surface area contributed by atoms with Crippen molar-refractivity contribution < 1.29 is 22.7 Å². The average molecular weight is 362 g/mol. The molecule has 0 spiro atoms. The van der Waals surface area contributed by atoms with Crippen LogP contribution in [0.2, 0.25) is 0 Å². The number of carbonyl (C=O) groups excluding carboxylic acids is 2. The van der Waals surface area contributed by atoms with Gasteiger partial charge in [-0.2, -0.15) is 0 Å². The standard InChI is InChI=1S/C17H18N2O5S/c1-12(16(18)20)24-17(21)13-7-6-10-15(11-13)25(22,23)19(2)14-8-4-3-5-9-14/h3-12H,1-2H3,(H2,18,20)/t12-/m1/s1. The smallest absolute Gasteiger partial charge is 0.338 e. The lowest BCUT2D eigenvalue weighted by Crippen LogP contribution is -2.30. The molecule has 7 nitrogen and oxygen atoms in total. The van der Waals surface area contributed by atoms with Gasteiger partial charge in [-0.1, -0.05) is 24.3 Å². The predicted octanol–water partition coefficient (Wildman–Crippen LogP) is 1.54. The van der Waals surface area contributed by atoms with Crippen LogP contribution in [0.3, 0.4) is 0 Å². The van der Waals surface area contributed by atoms with E-state index in [4.69, 9.17) is 10.5 Å². The van der Waals surface area contributed by atoms with E-state index in [1.807, 2.05) is 0 Å². The maximum atomic E-state index is 12.7. The molecule has 0 heterocycles. The third-order valence-corrected chi connectivity index (χ3v) is 5.31. The molecule has 0 unspecified atom stereocenters. The Morgan fingerprint density at radius 2 is 1.72 bits per heavy atom. The van der Waals surface area contributed by atoms with Crippen LogP contribution in [0.1, 0.15) is 17.3 Å². The zero-order valence-electron chi connectivity index (χ0n) is 13.7. The van der Waals surface area contributed by atoms with E-state index in [1.54, 1.807) is 30.3 Å². The molecule has 1 atom stereocenters. The summed E-state index contributed by atoms with van der Waals surface area (Å²) in [5, 5.41) is 0. The van der Waals surface area contributed by atoms with Gasteiger partial charge in [0.2, 0.25) is 0 Å². The Hall–Kier alpha value is -2.87. The Balaban J connectivity index is 2.31. The summed E-state index contributed by atoms with van der Waals surface area (Å²) in [5.74, 6) is -1.62. The molecule has 2 rings (SSSR count). The summed E-state index contributed by atoms with van der Waals surface area (Å²) in [6.45, 7) is 1.34. The molecule has 0 fully saturated rings. The summed E-state index contributed by atoms with van der Waals surface area (Å²) >= 11 is 0. The minimum absolute atomic E-state index is 0.00985. The lowest BCUT2D eigenvalue weighted by Gasteiger charge is -2.19. The molecular formula is C17H18N2O5S. The molecule has 1 amide bonds. The van der Waals surface area contributed by atoms with E-state index >= 15 is 0 Å². The average Bonchev–Trinajstić information content (AvgIpc) is 2.61. The minimum Gasteiger partial charge on any atom is -0.449 e. The van der Waals surface area contributed by atoms with Crippen molar-refractivity contribution in [2.75, 3.05) is 11.4 Å². The summed E-state index contributed by atoms with van der Waals surface area (Å²) < 4.78 is 31.5. The number of carbonyl (C=O) groups is 2. The Morgan fingerprint density at radius 1 is 1.08 bits per heavy atom. The van der Waals surface area contributed by atoms with E-state index in [2.05, 4.69) is 0 Å². The van der Waals surface area contributed by atoms with Gasteiger partial charge < -0.3 is 10.5 Å². The molecule has 2 N–H and O–H groups in total. The zero-order valence-corrected chi connectivity index (χ0v) is 14.6. The van der Waals surface area contributed by atoms with Crippen LogP contribution in [0, 0.1) is 0 Å². The quantitative estimate of drug-likeness (QED) is 0.785. The largest absolute Gasteiger partial charge is 0.449 e.